The first-order valence-electron chi connectivity index (χ1n) is 3.06. The van der Waals surface area contributed by atoms with E-state index in [0.717, 1.165) is 6.42 Å². The zero-order valence-corrected chi connectivity index (χ0v) is 7.40. The van der Waals surface area contributed by atoms with Crippen LogP contribution in [0, 0.1) is 0 Å². The molecule has 8 heavy (non-hydrogen) atoms. The Morgan fingerprint density at radius 3 is 2.00 bits per heavy atom. The maximum absolute atomic E-state index is 5.58. The molecule has 52 valence electrons. The summed E-state index contributed by atoms with van der Waals surface area (Å²) in [4.78, 5) is 0. The van der Waals surface area contributed by atoms with Gasteiger partial charge in [0.25, 0.3) is 0 Å². The highest BCUT2D eigenvalue weighted by Gasteiger charge is 1.92. The minimum Gasteiger partial charge on any atom is -0.328 e. The molecule has 1 nitrogen and oxygen atoms in total. The maximum Gasteiger partial charge on any atom is 0.00361 e. The number of rotatable bonds is 3. The van der Waals surface area contributed by atoms with Gasteiger partial charge in [-0.2, -0.15) is 0 Å². The van der Waals surface area contributed by atoms with Gasteiger partial charge in [-0.15, -0.1) is 17.0 Å². The average molecular weight is 182 g/mol. The molecular formula is C6H16BrN. The zero-order valence-electron chi connectivity index (χ0n) is 5.68. The molecule has 2 N–H and O–H groups in total. The quantitative estimate of drug-likeness (QED) is 0.710. The molecule has 0 aromatic carbocycles. The fourth-order valence-electron chi connectivity index (χ4n) is 0.575. The molecule has 0 heterocycles. The second kappa shape index (κ2) is 7.44. The Kier molecular flexibility index (Phi) is 10.5. The Bertz CT molecular complexity index is 39.5. The van der Waals surface area contributed by atoms with Crippen LogP contribution in [0.15, 0.2) is 0 Å². The Balaban J connectivity index is 0. The lowest BCUT2D eigenvalue weighted by atomic mass is 10.1. The van der Waals surface area contributed by atoms with Crippen LogP contribution in [0.1, 0.15) is 33.1 Å². The third-order valence-corrected chi connectivity index (χ3v) is 1.18. The molecule has 0 aromatic heterocycles. The van der Waals surface area contributed by atoms with Gasteiger partial charge in [-0.05, 0) is 12.8 Å². The molecule has 0 saturated carbocycles. The van der Waals surface area contributed by atoms with Crippen LogP contribution in [-0.2, 0) is 0 Å². The van der Waals surface area contributed by atoms with Crippen molar-refractivity contribution in [1.82, 2.24) is 0 Å². The van der Waals surface area contributed by atoms with Crippen molar-refractivity contribution in [3.8, 4) is 0 Å². The lowest BCUT2D eigenvalue weighted by Gasteiger charge is -2.03. The molecule has 0 aliphatic carbocycles. The van der Waals surface area contributed by atoms with Crippen LogP contribution in [0.5, 0.6) is 0 Å². The van der Waals surface area contributed by atoms with Crippen molar-refractivity contribution in [3.63, 3.8) is 0 Å². The molecule has 0 rings (SSSR count). The Labute approximate surface area is 62.4 Å². The lowest BCUT2D eigenvalue weighted by Crippen LogP contribution is -2.17. The van der Waals surface area contributed by atoms with Gasteiger partial charge in [-0.25, -0.2) is 0 Å². The van der Waals surface area contributed by atoms with E-state index in [0.29, 0.717) is 6.04 Å². The first-order valence-corrected chi connectivity index (χ1v) is 3.06. The lowest BCUT2D eigenvalue weighted by molar-refractivity contribution is 0.587. The summed E-state index contributed by atoms with van der Waals surface area (Å²) in [6.45, 7) is 4.29. The molecule has 1 unspecified atom stereocenters. The van der Waals surface area contributed by atoms with Crippen molar-refractivity contribution in [2.75, 3.05) is 0 Å². The van der Waals surface area contributed by atoms with Crippen LogP contribution in [-0.4, -0.2) is 6.04 Å². The van der Waals surface area contributed by atoms with Gasteiger partial charge in [0.2, 0.25) is 0 Å². The van der Waals surface area contributed by atoms with Gasteiger partial charge in [-0.1, -0.05) is 20.3 Å². The number of halogens is 1. The van der Waals surface area contributed by atoms with Crippen LogP contribution in [0.25, 0.3) is 0 Å². The van der Waals surface area contributed by atoms with E-state index in [4.69, 9.17) is 5.73 Å². The third-order valence-electron chi connectivity index (χ3n) is 1.18. The molecule has 1 atom stereocenters. The summed E-state index contributed by atoms with van der Waals surface area (Å²) in [5.41, 5.74) is 5.58. The summed E-state index contributed by atoms with van der Waals surface area (Å²) in [5, 5.41) is 0. The highest BCUT2D eigenvalue weighted by Crippen LogP contribution is 1.95. The van der Waals surface area contributed by atoms with E-state index in [1.165, 1.54) is 12.8 Å². The molecule has 0 amide bonds. The van der Waals surface area contributed by atoms with E-state index in [1.54, 1.807) is 0 Å². The fraction of sp³-hybridized carbons (Fsp3) is 1.00. The largest absolute Gasteiger partial charge is 0.328 e. The normalized spacial score (nSPS) is 12.4. The van der Waals surface area contributed by atoms with Crippen molar-refractivity contribution < 1.29 is 0 Å². The van der Waals surface area contributed by atoms with E-state index in [2.05, 4.69) is 13.8 Å². The van der Waals surface area contributed by atoms with E-state index >= 15 is 0 Å². The predicted molar refractivity (Wildman–Crippen MR) is 43.5 cm³/mol. The summed E-state index contributed by atoms with van der Waals surface area (Å²) in [5.74, 6) is 0. The first kappa shape index (κ1) is 11.3. The second-order valence-corrected chi connectivity index (χ2v) is 1.96. The molecule has 0 aliphatic heterocycles. The van der Waals surface area contributed by atoms with Gasteiger partial charge >= 0.3 is 0 Å². The summed E-state index contributed by atoms with van der Waals surface area (Å²) in [6, 6.07) is 0.449. The zero-order chi connectivity index (χ0) is 5.70. The number of hydrogen-bond acceptors (Lipinski definition) is 1. The minimum atomic E-state index is 0. The van der Waals surface area contributed by atoms with Gasteiger partial charge in [-0.3, -0.25) is 0 Å². The molecule has 0 fully saturated rings. The van der Waals surface area contributed by atoms with Crippen molar-refractivity contribution in [1.29, 1.82) is 0 Å². The molecule has 0 aromatic rings. The standard InChI is InChI=1S/C6H15N.BrH/c1-3-5-6(7)4-2;/h6H,3-5,7H2,1-2H3;1H. The van der Waals surface area contributed by atoms with Crippen LogP contribution < -0.4 is 5.73 Å². The summed E-state index contributed by atoms with van der Waals surface area (Å²) in [6.07, 6.45) is 3.51. The fourth-order valence-corrected chi connectivity index (χ4v) is 0.575. The second-order valence-electron chi connectivity index (χ2n) is 1.96. The van der Waals surface area contributed by atoms with Crippen LogP contribution >= 0.6 is 17.0 Å². The molecule has 2 heteroatoms. The van der Waals surface area contributed by atoms with Gasteiger partial charge in [0.1, 0.15) is 0 Å². The van der Waals surface area contributed by atoms with E-state index in [-0.39, 0.29) is 17.0 Å². The van der Waals surface area contributed by atoms with Crippen LogP contribution in [0.2, 0.25) is 0 Å². The highest BCUT2D eigenvalue weighted by molar-refractivity contribution is 8.93. The van der Waals surface area contributed by atoms with E-state index < -0.39 is 0 Å². The first-order chi connectivity index (χ1) is 3.31. The molecule has 0 spiro atoms. The van der Waals surface area contributed by atoms with Crippen LogP contribution in [0.3, 0.4) is 0 Å². The van der Waals surface area contributed by atoms with Gasteiger partial charge in [0.05, 0.1) is 0 Å². The van der Waals surface area contributed by atoms with Crippen molar-refractivity contribution >= 4 is 17.0 Å². The van der Waals surface area contributed by atoms with Crippen molar-refractivity contribution in [3.05, 3.63) is 0 Å². The average Bonchev–Trinajstić information content (AvgIpc) is 1.68. The number of nitrogens with two attached hydrogens (primary N) is 1. The Morgan fingerprint density at radius 1 is 1.38 bits per heavy atom. The molecule has 0 saturated heterocycles. The molecule has 0 aliphatic rings. The summed E-state index contributed by atoms with van der Waals surface area (Å²) >= 11 is 0. The smallest absolute Gasteiger partial charge is 0.00361 e. The van der Waals surface area contributed by atoms with Crippen molar-refractivity contribution in [2.24, 2.45) is 5.73 Å². The van der Waals surface area contributed by atoms with Crippen molar-refractivity contribution in [2.45, 2.75) is 39.2 Å². The third kappa shape index (κ3) is 6.44. The van der Waals surface area contributed by atoms with Gasteiger partial charge in [0, 0.05) is 6.04 Å². The summed E-state index contributed by atoms with van der Waals surface area (Å²) < 4.78 is 0. The van der Waals surface area contributed by atoms with Gasteiger partial charge in [0.15, 0.2) is 0 Å². The molecular weight excluding hydrogens is 166 g/mol. The van der Waals surface area contributed by atoms with Crippen LogP contribution in [0.4, 0.5) is 0 Å². The predicted octanol–water partition coefficient (Wildman–Crippen LogP) is 2.10. The summed E-state index contributed by atoms with van der Waals surface area (Å²) in [7, 11) is 0. The van der Waals surface area contributed by atoms with E-state index in [1.807, 2.05) is 0 Å². The molecule has 0 radical (unpaired) electrons. The monoisotopic (exact) mass is 181 g/mol. The topological polar surface area (TPSA) is 26.0 Å². The Hall–Kier alpha value is 0.440. The number of hydrogen-bond donors (Lipinski definition) is 1. The Morgan fingerprint density at radius 2 is 1.88 bits per heavy atom. The van der Waals surface area contributed by atoms with Gasteiger partial charge < -0.3 is 5.73 Å². The van der Waals surface area contributed by atoms with E-state index in [9.17, 15) is 0 Å². The molecule has 0 bridgehead atoms. The highest BCUT2D eigenvalue weighted by atomic mass is 79.9. The minimum absolute atomic E-state index is 0. The SMILES string of the molecule is Br.CCCC(N)CC. The maximum atomic E-state index is 5.58.